The van der Waals surface area contributed by atoms with Crippen LogP contribution in [0.15, 0.2) is 48.8 Å². The van der Waals surface area contributed by atoms with E-state index >= 15 is 0 Å². The number of halogens is 2. The Morgan fingerprint density at radius 3 is 1.89 bits per heavy atom. The van der Waals surface area contributed by atoms with Crippen LogP contribution in [0.2, 0.25) is 10.0 Å². The zero-order valence-corrected chi connectivity index (χ0v) is 26.9. The lowest BCUT2D eigenvalue weighted by Crippen LogP contribution is -2.35. The van der Waals surface area contributed by atoms with Crippen LogP contribution >= 0.6 is 23.2 Å². The second-order valence-electron chi connectivity index (χ2n) is 10.6. The van der Waals surface area contributed by atoms with Gasteiger partial charge in [-0.05, 0) is 6.42 Å². The van der Waals surface area contributed by atoms with Crippen LogP contribution in [0, 0.1) is 0 Å². The highest BCUT2D eigenvalue weighted by atomic mass is 35.5. The first kappa shape index (κ1) is 33.0. The van der Waals surface area contributed by atoms with Gasteiger partial charge in [0.05, 0.1) is 48.0 Å². The predicted octanol–water partition coefficient (Wildman–Crippen LogP) is 3.92. The molecule has 1 atom stereocenters. The molecule has 240 valence electrons. The molecule has 0 aliphatic carbocycles. The number of hydrogen-bond acceptors (Lipinski definition) is 10. The summed E-state index contributed by atoms with van der Waals surface area (Å²) in [5.41, 5.74) is 10.2. The fraction of sp³-hybridized carbons (Fsp3) is 0.312. The fourth-order valence-corrected chi connectivity index (χ4v) is 5.76. The third-order valence-electron chi connectivity index (χ3n) is 7.46. The third-order valence-corrected chi connectivity index (χ3v) is 8.27. The molecule has 5 rings (SSSR count). The Hall–Kier alpha value is -4.36. The highest BCUT2D eigenvalue weighted by Gasteiger charge is 2.21. The smallest absolute Gasteiger partial charge is 0.237 e. The molecular weight excluding hydrogens is 631 g/mol. The van der Waals surface area contributed by atoms with E-state index in [9.17, 15) is 9.59 Å². The number of nitrogens with two attached hydrogens (primary N) is 1. The van der Waals surface area contributed by atoms with Gasteiger partial charge in [0.15, 0.2) is 0 Å². The molecule has 14 heteroatoms. The summed E-state index contributed by atoms with van der Waals surface area (Å²) in [5.74, 6) is 0.402. The van der Waals surface area contributed by atoms with E-state index in [2.05, 4.69) is 30.9 Å². The molecule has 0 saturated carbocycles. The van der Waals surface area contributed by atoms with Gasteiger partial charge in [0, 0.05) is 67.3 Å². The van der Waals surface area contributed by atoms with E-state index in [-0.39, 0.29) is 24.3 Å². The quantitative estimate of drug-likeness (QED) is 0.145. The predicted molar refractivity (Wildman–Crippen MR) is 175 cm³/mol. The standard InChI is InChI=1S/C32H34Cl2N8O4/c1-45-31-25(14-36-12-11-27(35)43)38-16-23(41-31)21-7-3-5-19(29(21)33)20-6-4-8-22(30(20)34)24-17-39-26(32(42-24)46-2)15-37-13-18-9-10-28(44)40-18/h3-8,16-18,36-37H,9-15H2,1-2H3,(H2,35,43)(H,40,44)/t18-/m0/s1. The summed E-state index contributed by atoms with van der Waals surface area (Å²) in [6.45, 7) is 1.83. The van der Waals surface area contributed by atoms with Crippen molar-refractivity contribution in [2.24, 2.45) is 5.73 Å². The van der Waals surface area contributed by atoms with Crippen molar-refractivity contribution in [2.45, 2.75) is 38.4 Å². The second-order valence-corrected chi connectivity index (χ2v) is 11.3. The molecule has 2 aromatic heterocycles. The molecular formula is C32H34Cl2N8O4. The molecule has 1 aliphatic rings. The maximum absolute atomic E-state index is 11.5. The van der Waals surface area contributed by atoms with E-state index in [1.807, 2.05) is 36.4 Å². The van der Waals surface area contributed by atoms with Gasteiger partial charge in [-0.3, -0.25) is 19.6 Å². The Balaban J connectivity index is 1.37. The van der Waals surface area contributed by atoms with E-state index in [0.29, 0.717) is 99.4 Å². The molecule has 12 nitrogen and oxygen atoms in total. The number of hydrogen-bond donors (Lipinski definition) is 4. The van der Waals surface area contributed by atoms with Crippen molar-refractivity contribution in [1.29, 1.82) is 0 Å². The number of aromatic nitrogens is 4. The lowest BCUT2D eigenvalue weighted by Gasteiger charge is -2.15. The van der Waals surface area contributed by atoms with Gasteiger partial charge in [0.2, 0.25) is 23.6 Å². The Morgan fingerprint density at radius 1 is 0.891 bits per heavy atom. The Bertz CT molecular complexity index is 1740. The SMILES string of the molecule is COc1nc(-c2cccc(-c3cccc(-c4cnc(CNC[C@@H]5CCC(=O)N5)c(OC)n4)c3Cl)c2Cl)cnc1CNCCC(N)=O. The first-order chi connectivity index (χ1) is 22.3. The molecule has 1 aliphatic heterocycles. The third kappa shape index (κ3) is 7.71. The highest BCUT2D eigenvalue weighted by Crippen LogP contribution is 2.42. The summed E-state index contributed by atoms with van der Waals surface area (Å²) in [7, 11) is 3.06. The van der Waals surface area contributed by atoms with Gasteiger partial charge in [0.1, 0.15) is 11.4 Å². The van der Waals surface area contributed by atoms with Gasteiger partial charge < -0.3 is 31.2 Å². The number of nitrogens with one attached hydrogen (secondary N) is 3. The number of primary amides is 1. The summed E-state index contributed by atoms with van der Waals surface area (Å²) >= 11 is 14.0. The Morgan fingerprint density at radius 2 is 1.41 bits per heavy atom. The molecule has 4 aromatic rings. The van der Waals surface area contributed by atoms with Crippen LogP contribution in [0.1, 0.15) is 30.7 Å². The second kappa shape index (κ2) is 15.3. The molecule has 2 amide bonds. The van der Waals surface area contributed by atoms with Crippen molar-refractivity contribution < 1.29 is 19.1 Å². The largest absolute Gasteiger partial charge is 0.480 e. The first-order valence-electron chi connectivity index (χ1n) is 14.7. The van der Waals surface area contributed by atoms with E-state index < -0.39 is 0 Å². The molecule has 46 heavy (non-hydrogen) atoms. The molecule has 0 radical (unpaired) electrons. The zero-order valence-electron chi connectivity index (χ0n) is 25.4. The van der Waals surface area contributed by atoms with Crippen LogP contribution in [-0.2, 0) is 22.7 Å². The van der Waals surface area contributed by atoms with Crippen LogP contribution in [0.3, 0.4) is 0 Å². The van der Waals surface area contributed by atoms with E-state index in [0.717, 1.165) is 6.42 Å². The van der Waals surface area contributed by atoms with Crippen molar-refractivity contribution >= 4 is 35.0 Å². The molecule has 0 spiro atoms. The van der Waals surface area contributed by atoms with Crippen LogP contribution in [0.25, 0.3) is 33.6 Å². The van der Waals surface area contributed by atoms with Gasteiger partial charge in [-0.25, -0.2) is 9.97 Å². The van der Waals surface area contributed by atoms with Gasteiger partial charge in [-0.2, -0.15) is 0 Å². The molecule has 0 unspecified atom stereocenters. The summed E-state index contributed by atoms with van der Waals surface area (Å²) < 4.78 is 11.0. The topological polar surface area (TPSA) is 166 Å². The van der Waals surface area contributed by atoms with Crippen molar-refractivity contribution in [3.05, 3.63) is 70.2 Å². The average Bonchev–Trinajstić information content (AvgIpc) is 3.48. The number of benzene rings is 2. The molecule has 3 heterocycles. The lowest BCUT2D eigenvalue weighted by molar-refractivity contribution is -0.119. The first-order valence-corrected chi connectivity index (χ1v) is 15.4. The fourth-order valence-electron chi connectivity index (χ4n) is 5.11. The molecule has 0 bridgehead atoms. The minimum atomic E-state index is -0.386. The minimum Gasteiger partial charge on any atom is -0.480 e. The van der Waals surface area contributed by atoms with Crippen molar-refractivity contribution in [2.75, 3.05) is 27.3 Å². The lowest BCUT2D eigenvalue weighted by atomic mass is 9.98. The summed E-state index contributed by atoms with van der Waals surface area (Å²) in [6.07, 6.45) is 4.86. The number of carbonyl (C=O) groups is 2. The number of amides is 2. The van der Waals surface area contributed by atoms with Crippen molar-refractivity contribution in [3.63, 3.8) is 0 Å². The molecule has 1 fully saturated rings. The van der Waals surface area contributed by atoms with Gasteiger partial charge in [-0.15, -0.1) is 0 Å². The maximum atomic E-state index is 11.5. The van der Waals surface area contributed by atoms with E-state index in [1.54, 1.807) is 19.5 Å². The number of methoxy groups -OCH3 is 2. The van der Waals surface area contributed by atoms with Crippen LogP contribution in [-0.4, -0.2) is 65.1 Å². The Labute approximate surface area is 276 Å². The Kier molecular flexibility index (Phi) is 11.0. The maximum Gasteiger partial charge on any atom is 0.237 e. The number of carbonyl (C=O) groups excluding carboxylic acids is 2. The van der Waals surface area contributed by atoms with Gasteiger partial charge >= 0.3 is 0 Å². The summed E-state index contributed by atoms with van der Waals surface area (Å²) in [5, 5.41) is 10.2. The summed E-state index contributed by atoms with van der Waals surface area (Å²) in [6, 6.07) is 11.3. The number of ether oxygens (including phenoxy) is 2. The highest BCUT2D eigenvalue weighted by molar-refractivity contribution is 6.39. The van der Waals surface area contributed by atoms with Gasteiger partial charge in [0.25, 0.3) is 0 Å². The summed E-state index contributed by atoms with van der Waals surface area (Å²) in [4.78, 5) is 40.9. The molecule has 5 N–H and O–H groups in total. The normalized spacial score (nSPS) is 14.3. The van der Waals surface area contributed by atoms with Crippen molar-refractivity contribution in [1.82, 2.24) is 35.9 Å². The van der Waals surface area contributed by atoms with E-state index in [1.165, 1.54) is 7.11 Å². The van der Waals surface area contributed by atoms with Gasteiger partial charge in [-0.1, -0.05) is 59.6 Å². The van der Waals surface area contributed by atoms with Crippen LogP contribution < -0.4 is 31.2 Å². The molecule has 1 saturated heterocycles. The average molecular weight is 666 g/mol. The van der Waals surface area contributed by atoms with Crippen molar-refractivity contribution in [3.8, 4) is 45.4 Å². The van der Waals surface area contributed by atoms with Crippen LogP contribution in [0.4, 0.5) is 0 Å². The van der Waals surface area contributed by atoms with Crippen LogP contribution in [0.5, 0.6) is 11.8 Å². The molecule has 2 aromatic carbocycles. The van der Waals surface area contributed by atoms with E-state index in [4.69, 9.17) is 43.4 Å². The zero-order chi connectivity index (χ0) is 32.6. The monoisotopic (exact) mass is 664 g/mol. The number of nitrogens with zero attached hydrogens (tertiary/aromatic N) is 4. The number of rotatable bonds is 14. The minimum absolute atomic E-state index is 0.0764.